The van der Waals surface area contributed by atoms with Crippen LogP contribution in [0.1, 0.15) is 0 Å². The van der Waals surface area contributed by atoms with Crippen molar-refractivity contribution in [2.75, 3.05) is 44.7 Å². The minimum absolute atomic E-state index is 0.0630. The molecule has 1 aliphatic rings. The Morgan fingerprint density at radius 3 is 2.39 bits per heavy atom. The van der Waals surface area contributed by atoms with Crippen molar-refractivity contribution in [3.05, 3.63) is 24.3 Å². The Bertz CT molecular complexity index is 397. The van der Waals surface area contributed by atoms with Crippen LogP contribution in [0, 0.1) is 0 Å². The topological polar surface area (TPSA) is 55.8 Å². The predicted octanol–water partition coefficient (Wildman–Crippen LogP) is 0.260. The number of phenols is 1. The number of hydrogen-bond acceptors (Lipinski definition) is 4. The number of carbonyl (C=O) groups excluding carboxylic acids is 1. The van der Waals surface area contributed by atoms with Gasteiger partial charge in [-0.05, 0) is 24.3 Å². The highest BCUT2D eigenvalue weighted by Gasteiger charge is 2.18. The normalized spacial score (nSPS) is 16.6. The van der Waals surface area contributed by atoms with Gasteiger partial charge in [-0.3, -0.25) is 9.69 Å². The Balaban J connectivity index is 1.86. The molecule has 2 N–H and O–H groups in total. The zero-order chi connectivity index (χ0) is 13.0. The van der Waals surface area contributed by atoms with Gasteiger partial charge < -0.3 is 15.3 Å². The van der Waals surface area contributed by atoms with E-state index in [0.717, 1.165) is 31.9 Å². The second kappa shape index (κ2) is 5.73. The number of carbonyl (C=O) groups is 1. The summed E-state index contributed by atoms with van der Waals surface area (Å²) in [6.45, 7) is 4.05. The van der Waals surface area contributed by atoms with Gasteiger partial charge in [0, 0.05) is 38.9 Å². The highest BCUT2D eigenvalue weighted by molar-refractivity contribution is 5.77. The molecule has 1 amide bonds. The number of likely N-dealkylation sites (N-methyl/N-ethyl adjacent to an activating group) is 1. The minimum atomic E-state index is 0.0630. The average Bonchev–Trinajstić information content (AvgIpc) is 2.40. The third-order valence-corrected chi connectivity index (χ3v) is 3.23. The molecule has 5 heteroatoms. The van der Waals surface area contributed by atoms with Crippen molar-refractivity contribution in [1.82, 2.24) is 10.2 Å². The lowest BCUT2D eigenvalue weighted by Crippen LogP contribution is -2.49. The van der Waals surface area contributed by atoms with Gasteiger partial charge in [-0.1, -0.05) is 0 Å². The lowest BCUT2D eigenvalue weighted by Gasteiger charge is -2.35. The number of piperazine rings is 1. The average molecular weight is 249 g/mol. The van der Waals surface area contributed by atoms with Crippen LogP contribution in [0.5, 0.6) is 5.75 Å². The smallest absolute Gasteiger partial charge is 0.233 e. The number of hydrogen-bond donors (Lipinski definition) is 2. The molecule has 98 valence electrons. The van der Waals surface area contributed by atoms with Crippen LogP contribution in [0.2, 0.25) is 0 Å². The summed E-state index contributed by atoms with van der Waals surface area (Å²) in [4.78, 5) is 15.7. The van der Waals surface area contributed by atoms with E-state index < -0.39 is 0 Å². The van der Waals surface area contributed by atoms with E-state index >= 15 is 0 Å². The fourth-order valence-corrected chi connectivity index (χ4v) is 2.11. The zero-order valence-electron chi connectivity index (χ0n) is 10.6. The summed E-state index contributed by atoms with van der Waals surface area (Å²) in [6.07, 6.45) is 0. The Morgan fingerprint density at radius 2 is 1.83 bits per heavy atom. The third kappa shape index (κ3) is 3.13. The largest absolute Gasteiger partial charge is 0.508 e. The van der Waals surface area contributed by atoms with Crippen molar-refractivity contribution in [1.29, 1.82) is 0 Å². The summed E-state index contributed by atoms with van der Waals surface area (Å²) in [6, 6.07) is 7.24. The summed E-state index contributed by atoms with van der Waals surface area (Å²) >= 11 is 0. The molecule has 0 atom stereocenters. The van der Waals surface area contributed by atoms with Crippen molar-refractivity contribution in [2.45, 2.75) is 0 Å². The van der Waals surface area contributed by atoms with Crippen molar-refractivity contribution in [2.24, 2.45) is 0 Å². The van der Waals surface area contributed by atoms with Crippen molar-refractivity contribution in [3.8, 4) is 5.75 Å². The van der Waals surface area contributed by atoms with Crippen LogP contribution in [-0.2, 0) is 4.79 Å². The molecule has 1 fully saturated rings. The van der Waals surface area contributed by atoms with Crippen LogP contribution in [0.25, 0.3) is 0 Å². The lowest BCUT2D eigenvalue weighted by molar-refractivity contribution is -0.121. The SMILES string of the molecule is CNC(=O)CN1CCN(c2ccc(O)cc2)CC1. The number of rotatable bonds is 3. The number of aromatic hydroxyl groups is 1. The molecule has 0 radical (unpaired) electrons. The molecule has 0 spiro atoms. The van der Waals surface area contributed by atoms with Gasteiger partial charge in [0.15, 0.2) is 0 Å². The van der Waals surface area contributed by atoms with Crippen molar-refractivity contribution < 1.29 is 9.90 Å². The first-order chi connectivity index (χ1) is 8.69. The molecular weight excluding hydrogens is 230 g/mol. The Kier molecular flexibility index (Phi) is 4.04. The van der Waals surface area contributed by atoms with Crippen LogP contribution in [0.4, 0.5) is 5.69 Å². The highest BCUT2D eigenvalue weighted by Crippen LogP contribution is 2.19. The molecule has 0 bridgehead atoms. The molecule has 2 rings (SSSR count). The van der Waals surface area contributed by atoms with Gasteiger partial charge in [0.1, 0.15) is 5.75 Å². The number of nitrogens with one attached hydrogen (secondary N) is 1. The van der Waals surface area contributed by atoms with Gasteiger partial charge in [0.2, 0.25) is 5.91 Å². The molecular formula is C13H19N3O2. The molecule has 1 saturated heterocycles. The van der Waals surface area contributed by atoms with E-state index in [1.54, 1.807) is 19.2 Å². The highest BCUT2D eigenvalue weighted by atomic mass is 16.3. The molecule has 1 aliphatic heterocycles. The maximum Gasteiger partial charge on any atom is 0.233 e. The summed E-state index contributed by atoms with van der Waals surface area (Å²) in [5, 5.41) is 11.9. The first kappa shape index (κ1) is 12.7. The van der Waals surface area contributed by atoms with E-state index in [0.29, 0.717) is 6.54 Å². The molecule has 1 aromatic carbocycles. The van der Waals surface area contributed by atoms with Crippen LogP contribution in [0.3, 0.4) is 0 Å². The Hall–Kier alpha value is -1.75. The van der Waals surface area contributed by atoms with E-state index in [2.05, 4.69) is 15.1 Å². The van der Waals surface area contributed by atoms with Crippen molar-refractivity contribution in [3.63, 3.8) is 0 Å². The summed E-state index contributed by atoms with van der Waals surface area (Å²) < 4.78 is 0. The first-order valence-corrected chi connectivity index (χ1v) is 6.16. The molecule has 5 nitrogen and oxygen atoms in total. The molecule has 0 aliphatic carbocycles. The lowest BCUT2D eigenvalue weighted by atomic mass is 10.2. The molecule has 0 unspecified atom stereocenters. The molecule has 18 heavy (non-hydrogen) atoms. The van der Waals surface area contributed by atoms with Gasteiger partial charge in [-0.2, -0.15) is 0 Å². The van der Waals surface area contributed by atoms with Gasteiger partial charge in [-0.15, -0.1) is 0 Å². The minimum Gasteiger partial charge on any atom is -0.508 e. The van der Waals surface area contributed by atoms with E-state index in [1.807, 2.05) is 12.1 Å². The molecule has 1 heterocycles. The monoisotopic (exact) mass is 249 g/mol. The Morgan fingerprint density at radius 1 is 1.22 bits per heavy atom. The number of anilines is 1. The fourth-order valence-electron chi connectivity index (χ4n) is 2.11. The Labute approximate surface area is 107 Å². The van der Waals surface area contributed by atoms with Gasteiger partial charge in [0.25, 0.3) is 0 Å². The molecule has 0 saturated carbocycles. The maximum atomic E-state index is 11.3. The third-order valence-electron chi connectivity index (χ3n) is 3.23. The van der Waals surface area contributed by atoms with Gasteiger partial charge >= 0.3 is 0 Å². The number of benzene rings is 1. The first-order valence-electron chi connectivity index (χ1n) is 6.16. The summed E-state index contributed by atoms with van der Waals surface area (Å²) in [5.41, 5.74) is 1.12. The van der Waals surface area contributed by atoms with Crippen LogP contribution >= 0.6 is 0 Å². The second-order valence-electron chi connectivity index (χ2n) is 4.45. The number of phenolic OH excluding ortho intramolecular Hbond substituents is 1. The van der Waals surface area contributed by atoms with Crippen LogP contribution < -0.4 is 10.2 Å². The molecule has 1 aromatic rings. The fraction of sp³-hybridized carbons (Fsp3) is 0.462. The quantitative estimate of drug-likeness (QED) is 0.807. The van der Waals surface area contributed by atoms with Crippen molar-refractivity contribution >= 4 is 11.6 Å². The van der Waals surface area contributed by atoms with E-state index in [4.69, 9.17) is 0 Å². The van der Waals surface area contributed by atoms with Crippen LogP contribution in [-0.4, -0.2) is 55.7 Å². The van der Waals surface area contributed by atoms with Gasteiger partial charge in [-0.25, -0.2) is 0 Å². The number of nitrogens with zero attached hydrogens (tertiary/aromatic N) is 2. The van der Waals surface area contributed by atoms with E-state index in [9.17, 15) is 9.90 Å². The van der Waals surface area contributed by atoms with E-state index in [1.165, 1.54) is 0 Å². The molecule has 0 aromatic heterocycles. The zero-order valence-corrected chi connectivity index (χ0v) is 10.6. The summed E-state index contributed by atoms with van der Waals surface area (Å²) in [5.74, 6) is 0.352. The second-order valence-corrected chi connectivity index (χ2v) is 4.45. The van der Waals surface area contributed by atoms with Gasteiger partial charge in [0.05, 0.1) is 6.54 Å². The van der Waals surface area contributed by atoms with Crippen LogP contribution in [0.15, 0.2) is 24.3 Å². The standard InChI is InChI=1S/C13H19N3O2/c1-14-13(18)10-15-6-8-16(9-7-15)11-2-4-12(17)5-3-11/h2-5,17H,6-10H2,1H3,(H,14,18). The summed E-state index contributed by atoms with van der Waals surface area (Å²) in [7, 11) is 1.66. The predicted molar refractivity (Wildman–Crippen MR) is 70.8 cm³/mol. The number of amides is 1. The maximum absolute atomic E-state index is 11.3. The van der Waals surface area contributed by atoms with E-state index in [-0.39, 0.29) is 11.7 Å².